The number of nitrogens with zero attached hydrogens (tertiary/aromatic N) is 3. The number of thioether (sulfide) groups is 1. The fourth-order valence-corrected chi connectivity index (χ4v) is 10.9. The van der Waals surface area contributed by atoms with E-state index in [9.17, 15) is 19.6 Å². The van der Waals surface area contributed by atoms with E-state index in [1.54, 1.807) is 14.2 Å². The summed E-state index contributed by atoms with van der Waals surface area (Å²) in [5.74, 6) is 0.217. The highest BCUT2D eigenvalue weighted by Crippen LogP contribution is 2.59. The molecular weight excluding hydrogens is 803 g/mol. The van der Waals surface area contributed by atoms with Gasteiger partial charge in [0.05, 0.1) is 25.3 Å². The number of alkyl carbamates (subject to hydrolysis) is 1. The Bertz CT molecular complexity index is 1870. The fraction of sp³-hybridized carbons (Fsp3) is 0.611. The summed E-state index contributed by atoms with van der Waals surface area (Å²) in [6, 6.07) is 0.855. The third-order valence-corrected chi connectivity index (χ3v) is 12.9. The number of hydrogen-bond donors (Lipinski definition) is 1. The second-order valence-electron chi connectivity index (χ2n) is 14.2. The molecule has 55 heavy (non-hydrogen) atoms. The number of cyclic esters (lactones) is 1. The molecule has 1 aliphatic carbocycles. The van der Waals surface area contributed by atoms with Gasteiger partial charge in [0.15, 0.2) is 29.8 Å². The summed E-state index contributed by atoms with van der Waals surface area (Å²) in [7, 11) is 5.12. The minimum Gasteiger partial charge on any atom is -0.493 e. The van der Waals surface area contributed by atoms with Gasteiger partial charge >= 0.3 is 18.0 Å². The average Bonchev–Trinajstić information content (AvgIpc) is 3.62. The van der Waals surface area contributed by atoms with E-state index in [0.717, 1.165) is 16.7 Å². The highest BCUT2D eigenvalue weighted by Gasteiger charge is 2.64. The van der Waals surface area contributed by atoms with Crippen molar-refractivity contribution in [1.29, 1.82) is 5.26 Å². The van der Waals surface area contributed by atoms with Crippen LogP contribution in [0.5, 0.6) is 11.5 Å². The van der Waals surface area contributed by atoms with Crippen LogP contribution in [-0.2, 0) is 44.4 Å². The van der Waals surface area contributed by atoms with Crippen LogP contribution >= 0.6 is 46.6 Å². The SMILES string of the molecule is COCOc1c(OC)c(C)cc2c1[C@@H]1C3[C@@H]4SCC(NC(=O)OCC(Cl)(Cl)Cl)C(=O)OC[C@@H](C5=C6OCOC6=C(C)C(OC(C)=O)C54)N3[C@@H](C#N)[C@H](C2)N1C. The lowest BCUT2D eigenvalue weighted by atomic mass is 9.66. The third-order valence-electron chi connectivity index (χ3n) is 11.1. The Morgan fingerprint density at radius 2 is 1.89 bits per heavy atom. The van der Waals surface area contributed by atoms with Gasteiger partial charge in [0.1, 0.15) is 31.4 Å². The normalized spacial score (nSPS) is 31.3. The molecule has 1 amide bonds. The second kappa shape index (κ2) is 15.6. The number of nitriles is 1. The molecule has 4 saturated heterocycles. The summed E-state index contributed by atoms with van der Waals surface area (Å²) < 4.78 is 45.3. The van der Waals surface area contributed by atoms with E-state index in [-0.39, 0.29) is 32.0 Å². The molecule has 0 aromatic heterocycles. The zero-order valence-electron chi connectivity index (χ0n) is 30.9. The number of halogens is 3. The summed E-state index contributed by atoms with van der Waals surface area (Å²) in [6.07, 6.45) is -1.28. The van der Waals surface area contributed by atoms with Gasteiger partial charge in [0.2, 0.25) is 10.6 Å². The number of nitrogens with one attached hydrogen (secondary N) is 1. The maximum absolute atomic E-state index is 13.8. The first-order valence-corrected chi connectivity index (χ1v) is 19.8. The van der Waals surface area contributed by atoms with Gasteiger partial charge in [0.25, 0.3) is 0 Å². The van der Waals surface area contributed by atoms with Crippen molar-refractivity contribution in [3.8, 4) is 17.6 Å². The topological polar surface area (TPSA) is 167 Å². The van der Waals surface area contributed by atoms with Crippen LogP contribution in [0.25, 0.3) is 0 Å². The molecule has 4 bridgehead atoms. The lowest BCUT2D eigenvalue weighted by Gasteiger charge is -2.64. The van der Waals surface area contributed by atoms with Crippen molar-refractivity contribution in [2.24, 2.45) is 5.92 Å². The number of piperidine rings is 1. The monoisotopic (exact) mass is 842 g/mol. The van der Waals surface area contributed by atoms with Crippen molar-refractivity contribution < 1.29 is 52.3 Å². The minimum absolute atomic E-state index is 0.00551. The molecule has 5 aliphatic heterocycles. The maximum Gasteiger partial charge on any atom is 0.408 e. The Balaban J connectivity index is 1.43. The Morgan fingerprint density at radius 1 is 1.15 bits per heavy atom. The summed E-state index contributed by atoms with van der Waals surface area (Å²) in [6.45, 7) is 4.24. The first kappa shape index (κ1) is 39.9. The summed E-state index contributed by atoms with van der Waals surface area (Å²) >= 11 is 18.8. The predicted octanol–water partition coefficient (Wildman–Crippen LogP) is 4.06. The van der Waals surface area contributed by atoms with Crippen LogP contribution in [0.2, 0.25) is 0 Å². The number of benzene rings is 1. The van der Waals surface area contributed by atoms with Crippen molar-refractivity contribution in [1.82, 2.24) is 15.1 Å². The average molecular weight is 844 g/mol. The number of piperazine rings is 1. The number of esters is 2. The van der Waals surface area contributed by atoms with Gasteiger partial charge in [-0.15, -0.1) is 0 Å². The molecule has 4 unspecified atom stereocenters. The van der Waals surface area contributed by atoms with Crippen LogP contribution in [0.3, 0.4) is 0 Å². The lowest BCUT2D eigenvalue weighted by Crippen LogP contribution is -2.75. The highest BCUT2D eigenvalue weighted by molar-refractivity contribution is 8.00. The van der Waals surface area contributed by atoms with E-state index in [0.29, 0.717) is 40.6 Å². The highest BCUT2D eigenvalue weighted by atomic mass is 35.6. The molecule has 0 saturated carbocycles. The maximum atomic E-state index is 13.8. The summed E-state index contributed by atoms with van der Waals surface area (Å²) in [5.41, 5.74) is 4.11. The van der Waals surface area contributed by atoms with Crippen molar-refractivity contribution in [3.63, 3.8) is 0 Å². The number of aryl methyl sites for hydroxylation is 1. The van der Waals surface area contributed by atoms with Crippen LogP contribution in [0.1, 0.15) is 36.6 Å². The molecule has 6 aliphatic rings. The third kappa shape index (κ3) is 7.04. The van der Waals surface area contributed by atoms with Gasteiger partial charge in [-0.1, -0.05) is 40.9 Å². The molecule has 9 atom stereocenters. The van der Waals surface area contributed by atoms with E-state index in [2.05, 4.69) is 27.3 Å². The Labute approximate surface area is 337 Å². The smallest absolute Gasteiger partial charge is 0.408 e. The van der Waals surface area contributed by atoms with Gasteiger partial charge in [-0.2, -0.15) is 17.0 Å². The van der Waals surface area contributed by atoms with Crippen LogP contribution in [-0.4, -0.2) is 127 Å². The number of methoxy groups -OCH3 is 2. The largest absolute Gasteiger partial charge is 0.493 e. The first-order chi connectivity index (χ1) is 26.2. The van der Waals surface area contributed by atoms with Crippen molar-refractivity contribution in [2.75, 3.05) is 53.8 Å². The Kier molecular flexibility index (Phi) is 11.3. The Hall–Kier alpha value is -3.30. The van der Waals surface area contributed by atoms with E-state index in [4.69, 9.17) is 72.7 Å². The van der Waals surface area contributed by atoms with Gasteiger partial charge in [0, 0.05) is 59.7 Å². The minimum atomic E-state index is -1.87. The summed E-state index contributed by atoms with van der Waals surface area (Å²) in [5, 5.41) is 13.2. The molecular formula is C36H41Cl3N4O11S. The number of ether oxygens (including phenoxy) is 8. The quantitative estimate of drug-likeness (QED) is 0.181. The molecule has 0 spiro atoms. The van der Waals surface area contributed by atoms with Gasteiger partial charge in [-0.05, 0) is 38.4 Å². The molecule has 4 fully saturated rings. The van der Waals surface area contributed by atoms with Gasteiger partial charge in [-0.3, -0.25) is 14.6 Å². The van der Waals surface area contributed by atoms with Crippen molar-refractivity contribution in [2.45, 2.75) is 78.6 Å². The van der Waals surface area contributed by atoms with Crippen LogP contribution < -0.4 is 14.8 Å². The number of carbonyl (C=O) groups excluding carboxylic acids is 3. The number of fused-ring (bicyclic) bond motifs is 8. The number of rotatable bonds is 7. The van der Waals surface area contributed by atoms with E-state index < -0.39 is 75.9 Å². The van der Waals surface area contributed by atoms with Crippen molar-refractivity contribution >= 4 is 64.6 Å². The standard InChI is InChI=1S/C36H41Cl3N4O11S/c1-15-7-18-8-20-21(9-40)43-22-10-49-34(45)19(41-35(46)50-12-36(37,38)39)11-55-33(25-24(22)32-30(52-14-53-32)16(2)29(25)54-17(3)44)27(43)26(42(20)4)23(18)31(28(15)48-6)51-13-47-5/h7,19-22,25-27,29,33H,8,10-14H2,1-6H3,(H,41,46)/t19?,20-,21-,22-,25?,26+,27?,29?,33+/m0/s1. The molecule has 1 aromatic carbocycles. The number of amides is 1. The van der Waals surface area contributed by atoms with Crippen molar-refractivity contribution in [3.05, 3.63) is 45.4 Å². The second-order valence-corrected chi connectivity index (χ2v) is 17.9. The van der Waals surface area contributed by atoms with E-state index in [1.165, 1.54) is 18.7 Å². The Morgan fingerprint density at radius 3 is 2.56 bits per heavy atom. The molecule has 298 valence electrons. The summed E-state index contributed by atoms with van der Waals surface area (Å²) in [4.78, 5) is 43.9. The first-order valence-electron chi connectivity index (χ1n) is 17.6. The molecule has 19 heteroatoms. The molecule has 15 nitrogen and oxygen atoms in total. The number of hydrogen-bond acceptors (Lipinski definition) is 15. The zero-order chi connectivity index (χ0) is 39.5. The molecule has 5 heterocycles. The number of carbonyl (C=O) groups is 3. The molecule has 7 rings (SSSR count). The van der Waals surface area contributed by atoms with Crippen LogP contribution in [0.15, 0.2) is 28.7 Å². The van der Waals surface area contributed by atoms with Crippen LogP contribution in [0.4, 0.5) is 4.79 Å². The van der Waals surface area contributed by atoms with Gasteiger partial charge in [-0.25, -0.2) is 9.59 Å². The predicted molar refractivity (Wildman–Crippen MR) is 199 cm³/mol. The molecule has 0 radical (unpaired) electrons. The zero-order valence-corrected chi connectivity index (χ0v) is 34.0. The lowest BCUT2D eigenvalue weighted by molar-refractivity contribution is -0.154. The van der Waals surface area contributed by atoms with E-state index >= 15 is 0 Å². The fourth-order valence-electron chi connectivity index (χ4n) is 9.12. The molecule has 1 aromatic rings. The van der Waals surface area contributed by atoms with Gasteiger partial charge < -0.3 is 43.2 Å². The molecule has 1 N–H and O–H groups in total. The van der Waals surface area contributed by atoms with E-state index in [1.807, 2.05) is 20.9 Å². The number of alkyl halides is 3. The van der Waals surface area contributed by atoms with Crippen LogP contribution in [0, 0.1) is 24.2 Å². The number of likely N-dealkylation sites (N-methyl/N-ethyl adjacent to an activating group) is 1.